The summed E-state index contributed by atoms with van der Waals surface area (Å²) in [5.41, 5.74) is 0.411. The number of hydrogen-bond acceptors (Lipinski definition) is 7. The van der Waals surface area contributed by atoms with E-state index in [0.29, 0.717) is 28.4 Å². The molecule has 0 atom stereocenters. The molecular weight excluding hydrogens is 580 g/mol. The highest BCUT2D eigenvalue weighted by atomic mass is 16.5. The molecule has 46 heavy (non-hydrogen) atoms. The zero-order chi connectivity index (χ0) is 35.4. The molecule has 0 radical (unpaired) electrons. The maximum Gasteiger partial charge on any atom is 0.316 e. The second-order valence-electron chi connectivity index (χ2n) is 15.5. The van der Waals surface area contributed by atoms with Crippen LogP contribution >= 0.6 is 0 Å². The number of carbonyl (C=O) groups is 3. The normalized spacial score (nSPS) is 13.0. The van der Waals surface area contributed by atoms with Crippen LogP contribution < -0.4 is 14.2 Å². The van der Waals surface area contributed by atoms with E-state index in [9.17, 15) is 14.4 Å². The number of carbonyl (C=O) groups excluding carboxylic acids is 3. The van der Waals surface area contributed by atoms with Gasteiger partial charge in [0, 0.05) is 22.3 Å². The first-order valence-corrected chi connectivity index (χ1v) is 16.2. The van der Waals surface area contributed by atoms with Gasteiger partial charge in [0.1, 0.15) is 17.2 Å². The average Bonchev–Trinajstić information content (AvgIpc) is 2.95. The molecule has 7 heteroatoms. The van der Waals surface area contributed by atoms with Crippen molar-refractivity contribution >= 4 is 23.8 Å². The third-order valence-electron chi connectivity index (χ3n) is 8.26. The van der Waals surface area contributed by atoms with Crippen LogP contribution in [0.5, 0.6) is 17.2 Å². The molecule has 0 aliphatic rings. The highest BCUT2D eigenvalue weighted by Crippen LogP contribution is 2.50. The van der Waals surface area contributed by atoms with Crippen molar-refractivity contribution in [2.45, 2.75) is 127 Å². The van der Waals surface area contributed by atoms with E-state index in [0.717, 1.165) is 24.0 Å². The Morgan fingerprint density at radius 1 is 0.739 bits per heavy atom. The second kappa shape index (κ2) is 14.4. The number of esters is 2. The van der Waals surface area contributed by atoms with E-state index in [-0.39, 0.29) is 35.0 Å². The fourth-order valence-corrected chi connectivity index (χ4v) is 4.41. The van der Waals surface area contributed by atoms with Gasteiger partial charge in [0.15, 0.2) is 5.76 Å². The van der Waals surface area contributed by atoms with Crippen molar-refractivity contribution in [1.29, 1.82) is 0 Å². The maximum atomic E-state index is 13.8. The molecule has 0 bridgehead atoms. The predicted molar refractivity (Wildman–Crippen MR) is 185 cm³/mol. The van der Waals surface area contributed by atoms with Gasteiger partial charge in [0.05, 0.1) is 24.0 Å². The molecule has 7 nitrogen and oxygen atoms in total. The Morgan fingerprint density at radius 2 is 1.24 bits per heavy atom. The van der Waals surface area contributed by atoms with Crippen LogP contribution in [0.1, 0.15) is 137 Å². The second-order valence-corrected chi connectivity index (χ2v) is 15.5. The number of benzene rings is 2. The number of Topliss-reactive ketones (excluding diaryl/α,β-unsaturated/α-hetero) is 1. The van der Waals surface area contributed by atoms with Crippen LogP contribution in [0.15, 0.2) is 36.1 Å². The molecule has 2 aromatic carbocycles. The van der Waals surface area contributed by atoms with Gasteiger partial charge in [0.25, 0.3) is 0 Å². The number of hydrogen-bond donors (Lipinski definition) is 0. The molecular formula is C39H56O7. The lowest BCUT2D eigenvalue weighted by Crippen LogP contribution is -2.31. The minimum atomic E-state index is -0.727. The van der Waals surface area contributed by atoms with Crippen molar-refractivity contribution < 1.29 is 33.3 Å². The van der Waals surface area contributed by atoms with Crippen LogP contribution in [0.4, 0.5) is 0 Å². The molecule has 0 unspecified atom stereocenters. The standard InChI is InChI=1S/C39H56O7/c1-16-38(11,12)28-22-26(23-29(43-15)31(40)25-18-20-27(21-19-25)45-34(41)36(5,6)7)32(44-24(3)4)30(39(13,14)17-2)33(28)46-35(42)37(8,9)10/h18-24H,16-17H2,1-15H3. The third kappa shape index (κ3) is 9.23. The van der Waals surface area contributed by atoms with E-state index in [1.54, 1.807) is 51.1 Å². The number of ether oxygens (including phenoxy) is 4. The lowest BCUT2D eigenvalue weighted by Gasteiger charge is -2.35. The molecule has 2 aromatic rings. The molecule has 0 heterocycles. The summed E-state index contributed by atoms with van der Waals surface area (Å²) in [5, 5.41) is 0. The van der Waals surface area contributed by atoms with Crippen molar-refractivity contribution in [3.8, 4) is 17.2 Å². The van der Waals surface area contributed by atoms with Gasteiger partial charge in [-0.2, -0.15) is 0 Å². The Balaban J connectivity index is 2.90. The van der Waals surface area contributed by atoms with Gasteiger partial charge in [-0.1, -0.05) is 41.5 Å². The Kier molecular flexibility index (Phi) is 12.1. The van der Waals surface area contributed by atoms with Gasteiger partial charge in [0.2, 0.25) is 5.78 Å². The maximum absolute atomic E-state index is 13.8. The first-order valence-electron chi connectivity index (χ1n) is 16.2. The quantitative estimate of drug-likeness (QED) is 0.0753. The molecule has 0 saturated heterocycles. The number of rotatable bonds is 12. The molecule has 0 aliphatic heterocycles. The van der Waals surface area contributed by atoms with Crippen LogP contribution in [0.3, 0.4) is 0 Å². The summed E-state index contributed by atoms with van der Waals surface area (Å²) in [7, 11) is 1.46. The Hall–Kier alpha value is -3.61. The lowest BCUT2D eigenvalue weighted by molar-refractivity contribution is -0.143. The summed E-state index contributed by atoms with van der Waals surface area (Å²) >= 11 is 0. The van der Waals surface area contributed by atoms with Crippen molar-refractivity contribution in [2.75, 3.05) is 7.11 Å². The van der Waals surface area contributed by atoms with Gasteiger partial charge < -0.3 is 18.9 Å². The van der Waals surface area contributed by atoms with E-state index in [4.69, 9.17) is 18.9 Å². The molecule has 0 amide bonds. The Labute approximate surface area is 277 Å². The summed E-state index contributed by atoms with van der Waals surface area (Å²) in [6.07, 6.45) is 3.00. The molecule has 0 saturated carbocycles. The minimum Gasteiger partial charge on any atom is -0.493 e. The molecule has 0 aliphatic carbocycles. The largest absolute Gasteiger partial charge is 0.493 e. The van der Waals surface area contributed by atoms with Crippen LogP contribution in [0.2, 0.25) is 0 Å². The molecule has 0 aromatic heterocycles. The average molecular weight is 637 g/mol. The van der Waals surface area contributed by atoms with Crippen LogP contribution in [-0.4, -0.2) is 30.9 Å². The van der Waals surface area contributed by atoms with Gasteiger partial charge in [-0.25, -0.2) is 0 Å². The zero-order valence-electron chi connectivity index (χ0n) is 30.8. The van der Waals surface area contributed by atoms with E-state index in [1.165, 1.54) is 7.11 Å². The number of ketones is 1. The molecule has 0 N–H and O–H groups in total. The molecule has 254 valence electrons. The van der Waals surface area contributed by atoms with E-state index < -0.39 is 16.2 Å². The SMILES string of the molecule is CCC(C)(C)c1cc(C=C(OC)C(=O)c2ccc(OC(=O)C(C)(C)C)cc2)c(OC(C)C)c(C(C)(C)CC)c1OC(=O)C(C)(C)C. The number of methoxy groups -OCH3 is 1. The fourth-order valence-electron chi connectivity index (χ4n) is 4.41. The van der Waals surface area contributed by atoms with Gasteiger partial charge >= 0.3 is 11.9 Å². The number of allylic oxidation sites excluding steroid dienone is 1. The summed E-state index contributed by atoms with van der Waals surface area (Å²) in [4.78, 5) is 39.5. The molecule has 0 spiro atoms. The highest BCUT2D eigenvalue weighted by molar-refractivity contribution is 6.10. The Morgan fingerprint density at radius 3 is 1.67 bits per heavy atom. The van der Waals surface area contributed by atoms with Crippen molar-refractivity contribution in [1.82, 2.24) is 0 Å². The van der Waals surface area contributed by atoms with E-state index in [2.05, 4.69) is 41.5 Å². The van der Waals surface area contributed by atoms with Crippen LogP contribution in [0, 0.1) is 10.8 Å². The summed E-state index contributed by atoms with van der Waals surface area (Å²) < 4.78 is 24.0. The molecule has 2 rings (SSSR count). The van der Waals surface area contributed by atoms with Gasteiger partial charge in [-0.05, 0) is 115 Å². The summed E-state index contributed by atoms with van der Waals surface area (Å²) in [6.45, 7) is 27.4. The van der Waals surface area contributed by atoms with Gasteiger partial charge in [-0.3, -0.25) is 14.4 Å². The zero-order valence-corrected chi connectivity index (χ0v) is 30.8. The van der Waals surface area contributed by atoms with Crippen molar-refractivity contribution in [3.05, 3.63) is 58.3 Å². The smallest absolute Gasteiger partial charge is 0.316 e. The first kappa shape index (κ1) is 38.6. The summed E-state index contributed by atoms with van der Waals surface area (Å²) in [5.74, 6) is 0.464. The monoisotopic (exact) mass is 636 g/mol. The minimum absolute atomic E-state index is 0.105. The third-order valence-corrected chi connectivity index (χ3v) is 8.26. The molecule has 0 fully saturated rings. The van der Waals surface area contributed by atoms with Crippen LogP contribution in [0.25, 0.3) is 6.08 Å². The fraction of sp³-hybridized carbons (Fsp3) is 0.564. The topological polar surface area (TPSA) is 88.1 Å². The van der Waals surface area contributed by atoms with Gasteiger partial charge in [-0.15, -0.1) is 0 Å². The Bertz CT molecular complexity index is 1440. The lowest BCUT2D eigenvalue weighted by atomic mass is 9.74. The predicted octanol–water partition coefficient (Wildman–Crippen LogP) is 9.62. The summed E-state index contributed by atoms with van der Waals surface area (Å²) in [6, 6.07) is 8.37. The van der Waals surface area contributed by atoms with Crippen molar-refractivity contribution in [3.63, 3.8) is 0 Å². The van der Waals surface area contributed by atoms with Crippen molar-refractivity contribution in [2.24, 2.45) is 10.8 Å². The van der Waals surface area contributed by atoms with Crippen LogP contribution in [-0.2, 0) is 25.2 Å². The first-order chi connectivity index (χ1) is 21.0. The van der Waals surface area contributed by atoms with E-state index >= 15 is 0 Å². The highest BCUT2D eigenvalue weighted by Gasteiger charge is 2.38. The van der Waals surface area contributed by atoms with E-state index in [1.807, 2.05) is 40.7 Å².